The van der Waals surface area contributed by atoms with Crippen LogP contribution < -0.4 is 10.0 Å². The number of pyridine rings is 1. The summed E-state index contributed by atoms with van der Waals surface area (Å²) >= 11 is 0. The van der Waals surface area contributed by atoms with E-state index >= 15 is 0 Å². The van der Waals surface area contributed by atoms with Gasteiger partial charge in [-0.1, -0.05) is 36.9 Å². The van der Waals surface area contributed by atoms with Gasteiger partial charge in [-0.15, -0.1) is 0 Å². The van der Waals surface area contributed by atoms with E-state index in [0.29, 0.717) is 12.4 Å². The number of aliphatic imine (C=N–C) groups is 1. The summed E-state index contributed by atoms with van der Waals surface area (Å²) in [5.74, 6) is 0.688. The van der Waals surface area contributed by atoms with Gasteiger partial charge in [0.05, 0.1) is 18.0 Å². The van der Waals surface area contributed by atoms with Crippen molar-refractivity contribution < 1.29 is 8.42 Å². The average Bonchev–Trinajstić information content (AvgIpc) is 3.20. The Morgan fingerprint density at radius 3 is 2.64 bits per heavy atom. The predicted molar refractivity (Wildman–Crippen MR) is 139 cm³/mol. The molecule has 3 rings (SSSR count). The molecule has 2 N–H and O–H groups in total. The first-order chi connectivity index (χ1) is 15.7. The highest BCUT2D eigenvalue weighted by atomic mass is 32.2. The van der Waals surface area contributed by atoms with Gasteiger partial charge in [-0.2, -0.15) is 0 Å². The Morgan fingerprint density at radius 1 is 1.21 bits per heavy atom. The summed E-state index contributed by atoms with van der Waals surface area (Å²) in [6, 6.07) is 12.3. The SMILES string of the molecule is C=C/C(=C\N(C)C)c1cccc(-c2ccc(C3=CC(C)N=C3)c(NCCNS(C)(=O)=O)n2)c1. The second-order valence-electron chi connectivity index (χ2n) is 8.16. The Morgan fingerprint density at radius 2 is 2.00 bits per heavy atom. The summed E-state index contributed by atoms with van der Waals surface area (Å²) in [7, 11) is 0.710. The zero-order valence-corrected chi connectivity index (χ0v) is 20.4. The Kier molecular flexibility index (Phi) is 7.84. The quantitative estimate of drug-likeness (QED) is 0.413. The largest absolute Gasteiger partial charge is 0.383 e. The molecule has 33 heavy (non-hydrogen) atoms. The maximum atomic E-state index is 11.4. The predicted octanol–water partition coefficient (Wildman–Crippen LogP) is 3.65. The highest BCUT2D eigenvalue weighted by Gasteiger charge is 2.15. The van der Waals surface area contributed by atoms with Gasteiger partial charge in [0.1, 0.15) is 5.82 Å². The lowest BCUT2D eigenvalue weighted by molar-refractivity contribution is 0.566. The van der Waals surface area contributed by atoms with Gasteiger partial charge in [-0.25, -0.2) is 18.1 Å². The van der Waals surface area contributed by atoms with Gasteiger partial charge in [0.25, 0.3) is 0 Å². The van der Waals surface area contributed by atoms with Crippen LogP contribution in [0, 0.1) is 0 Å². The van der Waals surface area contributed by atoms with Gasteiger partial charge < -0.3 is 10.2 Å². The first-order valence-corrected chi connectivity index (χ1v) is 12.6. The third-order valence-corrected chi connectivity index (χ3v) is 5.69. The molecule has 0 aliphatic carbocycles. The van der Waals surface area contributed by atoms with Gasteiger partial charge >= 0.3 is 0 Å². The van der Waals surface area contributed by atoms with Crippen LogP contribution in [0.25, 0.3) is 22.4 Å². The van der Waals surface area contributed by atoms with Gasteiger partial charge in [-0.3, -0.25) is 4.99 Å². The van der Waals surface area contributed by atoms with Gasteiger partial charge in [0, 0.05) is 56.3 Å². The van der Waals surface area contributed by atoms with Crippen LogP contribution in [-0.4, -0.2) is 64.0 Å². The van der Waals surface area contributed by atoms with E-state index in [0.717, 1.165) is 39.8 Å². The number of hydrogen-bond acceptors (Lipinski definition) is 6. The number of hydrogen-bond donors (Lipinski definition) is 2. The minimum atomic E-state index is -3.25. The minimum absolute atomic E-state index is 0.122. The lowest BCUT2D eigenvalue weighted by Crippen LogP contribution is -2.28. The van der Waals surface area contributed by atoms with E-state index in [1.54, 1.807) is 0 Å². The molecule has 1 aromatic heterocycles. The zero-order valence-electron chi connectivity index (χ0n) is 19.5. The third kappa shape index (κ3) is 6.87. The topological polar surface area (TPSA) is 86.7 Å². The zero-order chi connectivity index (χ0) is 24.0. The van der Waals surface area contributed by atoms with Crippen molar-refractivity contribution in [1.82, 2.24) is 14.6 Å². The molecule has 0 amide bonds. The molecule has 8 heteroatoms. The second-order valence-corrected chi connectivity index (χ2v) is 9.99. The molecular formula is C25H31N5O2S. The fraction of sp³-hybridized carbons (Fsp3) is 0.280. The number of sulfonamides is 1. The number of aromatic nitrogens is 1. The van der Waals surface area contributed by atoms with Gasteiger partial charge in [-0.05, 0) is 36.3 Å². The summed E-state index contributed by atoms with van der Waals surface area (Å²) in [5, 5.41) is 3.29. The fourth-order valence-electron chi connectivity index (χ4n) is 3.49. The summed E-state index contributed by atoms with van der Waals surface area (Å²) in [4.78, 5) is 11.3. The molecule has 2 heterocycles. The van der Waals surface area contributed by atoms with Crippen LogP contribution in [0.15, 0.2) is 66.3 Å². The number of nitrogens with one attached hydrogen (secondary N) is 2. The standard InChI is InChI=1S/C25H31N5O2S/c1-6-19(17-30(3)4)20-8-7-9-21(15-20)24-11-10-23(22-14-18(2)27-16-22)25(29-24)26-12-13-28-33(5,31)32/h6-11,14-18,28H,1,12-13H2,2-5H3,(H,26,29)/b19-17+. The molecule has 1 aliphatic rings. The molecule has 1 atom stereocenters. The van der Waals surface area contributed by atoms with Crippen LogP contribution in [0.2, 0.25) is 0 Å². The van der Waals surface area contributed by atoms with Crippen molar-refractivity contribution in [2.24, 2.45) is 4.99 Å². The summed E-state index contributed by atoms with van der Waals surface area (Å²) in [5.41, 5.74) is 5.79. The van der Waals surface area contributed by atoms with E-state index in [1.165, 1.54) is 0 Å². The Balaban J connectivity index is 1.95. The smallest absolute Gasteiger partial charge is 0.208 e. The average molecular weight is 466 g/mol. The van der Waals surface area contributed by atoms with Crippen LogP contribution in [0.5, 0.6) is 0 Å². The number of anilines is 1. The van der Waals surface area contributed by atoms with E-state index in [1.807, 2.05) is 74.7 Å². The van der Waals surface area contributed by atoms with Crippen LogP contribution in [-0.2, 0) is 10.0 Å². The van der Waals surface area contributed by atoms with Crippen molar-refractivity contribution in [3.63, 3.8) is 0 Å². The Hall–Kier alpha value is -3.23. The van der Waals surface area contributed by atoms with Gasteiger partial charge in [0.15, 0.2) is 0 Å². The fourth-order valence-corrected chi connectivity index (χ4v) is 3.96. The maximum absolute atomic E-state index is 11.4. The van der Waals surface area contributed by atoms with Crippen LogP contribution in [0.1, 0.15) is 18.1 Å². The summed E-state index contributed by atoms with van der Waals surface area (Å²) < 4.78 is 25.3. The molecule has 2 aromatic rings. The normalized spacial score (nSPS) is 15.9. The third-order valence-electron chi connectivity index (χ3n) is 4.97. The molecule has 0 saturated heterocycles. The summed E-state index contributed by atoms with van der Waals surface area (Å²) in [6.07, 6.45) is 8.94. The van der Waals surface area contributed by atoms with Crippen LogP contribution in [0.3, 0.4) is 0 Å². The first-order valence-electron chi connectivity index (χ1n) is 10.7. The number of rotatable bonds is 10. The van der Waals surface area contributed by atoms with Crippen molar-refractivity contribution in [2.45, 2.75) is 13.0 Å². The van der Waals surface area contributed by atoms with Crippen LogP contribution >= 0.6 is 0 Å². The minimum Gasteiger partial charge on any atom is -0.383 e. The number of benzene rings is 1. The van der Waals surface area contributed by atoms with Crippen molar-refractivity contribution in [3.8, 4) is 11.3 Å². The molecule has 1 aromatic carbocycles. The van der Waals surface area contributed by atoms with Crippen molar-refractivity contribution in [3.05, 3.63) is 72.5 Å². The number of allylic oxidation sites excluding steroid dienone is 3. The molecule has 0 saturated carbocycles. The number of nitrogens with zero attached hydrogens (tertiary/aromatic N) is 3. The Bertz CT molecular complexity index is 1210. The van der Waals surface area contributed by atoms with E-state index in [-0.39, 0.29) is 12.6 Å². The molecule has 174 valence electrons. The van der Waals surface area contributed by atoms with E-state index < -0.39 is 10.0 Å². The Labute approximate surface area is 196 Å². The molecule has 1 unspecified atom stereocenters. The lowest BCUT2D eigenvalue weighted by Gasteiger charge is -2.14. The molecule has 0 spiro atoms. The second kappa shape index (κ2) is 10.6. The van der Waals surface area contributed by atoms with E-state index in [2.05, 4.69) is 33.8 Å². The van der Waals surface area contributed by atoms with E-state index in [9.17, 15) is 8.42 Å². The molecule has 0 bridgehead atoms. The van der Waals surface area contributed by atoms with E-state index in [4.69, 9.17) is 4.98 Å². The lowest BCUT2D eigenvalue weighted by atomic mass is 10.0. The molecular weight excluding hydrogens is 434 g/mol. The van der Waals surface area contributed by atoms with Crippen LogP contribution in [0.4, 0.5) is 5.82 Å². The first kappa shape index (κ1) is 24.4. The maximum Gasteiger partial charge on any atom is 0.208 e. The van der Waals surface area contributed by atoms with Crippen molar-refractivity contribution >= 4 is 33.2 Å². The molecule has 7 nitrogen and oxygen atoms in total. The summed E-state index contributed by atoms with van der Waals surface area (Å²) in [6.45, 7) is 6.64. The highest BCUT2D eigenvalue weighted by molar-refractivity contribution is 7.88. The molecule has 0 fully saturated rings. The van der Waals surface area contributed by atoms with Crippen molar-refractivity contribution in [2.75, 3.05) is 38.8 Å². The van der Waals surface area contributed by atoms with Gasteiger partial charge in [0.2, 0.25) is 10.0 Å². The molecule has 0 radical (unpaired) electrons. The molecule has 1 aliphatic heterocycles. The highest BCUT2D eigenvalue weighted by Crippen LogP contribution is 2.29. The van der Waals surface area contributed by atoms with Crippen molar-refractivity contribution in [1.29, 1.82) is 0 Å². The monoisotopic (exact) mass is 465 g/mol.